The van der Waals surface area contributed by atoms with Crippen LogP contribution in [0.3, 0.4) is 0 Å². The largest absolute Gasteiger partial charge is 0.466 e. The van der Waals surface area contributed by atoms with Crippen LogP contribution in [0.15, 0.2) is 0 Å². The van der Waals surface area contributed by atoms with Gasteiger partial charge in [-0.05, 0) is 6.42 Å². The second-order valence-corrected chi connectivity index (χ2v) is 3.92. The van der Waals surface area contributed by atoms with E-state index in [1.54, 1.807) is 0 Å². The van der Waals surface area contributed by atoms with Gasteiger partial charge in [0.1, 0.15) is 0 Å². The number of piperidine rings is 1. The average molecular weight is 241 g/mol. The highest BCUT2D eigenvalue weighted by Crippen LogP contribution is 2.37. The Morgan fingerprint density at radius 2 is 2.12 bits per heavy atom. The Kier molecular flexibility index (Phi) is 4.60. The number of rotatable bonds is 4. The summed E-state index contributed by atoms with van der Waals surface area (Å²) in [5, 5.41) is 17.3. The average Bonchev–Trinajstić information content (AvgIpc) is 2.18. The van der Waals surface area contributed by atoms with Crippen LogP contribution in [-0.2, 0) is 4.74 Å². The van der Waals surface area contributed by atoms with Crippen LogP contribution in [-0.4, -0.2) is 61.0 Å². The summed E-state index contributed by atoms with van der Waals surface area (Å²) in [7, 11) is -0.564. The van der Waals surface area contributed by atoms with E-state index in [2.05, 4.69) is 4.74 Å². The topological polar surface area (TPSA) is 52.9 Å². The van der Waals surface area contributed by atoms with Gasteiger partial charge in [-0.3, -0.25) is 0 Å². The summed E-state index contributed by atoms with van der Waals surface area (Å²) in [5.74, 6) is -0.855. The molecule has 4 nitrogen and oxygen atoms in total. The van der Waals surface area contributed by atoms with E-state index >= 15 is 0 Å². The van der Waals surface area contributed by atoms with Crippen molar-refractivity contribution in [3.8, 4) is 0 Å². The lowest BCUT2D eigenvalue weighted by atomic mass is 9.87. The van der Waals surface area contributed by atoms with Crippen LogP contribution in [0, 0.1) is 5.92 Å². The Hall–Kier alpha value is -0.305. The Morgan fingerprint density at radius 3 is 2.62 bits per heavy atom. The summed E-state index contributed by atoms with van der Waals surface area (Å²) in [4.78, 5) is 0.453. The summed E-state index contributed by atoms with van der Waals surface area (Å²) < 4.78 is 45.1. The van der Waals surface area contributed by atoms with Crippen LogP contribution >= 0.6 is 0 Å². The van der Waals surface area contributed by atoms with E-state index < -0.39 is 31.7 Å². The molecule has 1 aliphatic rings. The van der Waals surface area contributed by atoms with Gasteiger partial charge in [0.25, 0.3) is 0 Å². The van der Waals surface area contributed by atoms with Gasteiger partial charge >= 0.3 is 13.2 Å². The number of methoxy groups -OCH3 is 1. The van der Waals surface area contributed by atoms with E-state index in [1.807, 2.05) is 0 Å². The third-order valence-corrected chi connectivity index (χ3v) is 2.70. The second-order valence-electron chi connectivity index (χ2n) is 3.92. The predicted molar refractivity (Wildman–Crippen MR) is 51.6 cm³/mol. The molecule has 0 aromatic heterocycles. The fraction of sp³-hybridized carbons (Fsp3) is 1.00. The summed E-state index contributed by atoms with van der Waals surface area (Å²) in [6, 6.07) is -3.68. The van der Waals surface area contributed by atoms with Crippen LogP contribution in [0.1, 0.15) is 6.42 Å². The highest BCUT2D eigenvalue weighted by Gasteiger charge is 2.53. The zero-order valence-corrected chi connectivity index (χ0v) is 8.94. The number of alkyl halides is 3. The molecule has 94 valence electrons. The summed E-state index contributed by atoms with van der Waals surface area (Å²) in [6.07, 6.45) is -2.80. The maximum atomic E-state index is 13.5. The first-order valence-corrected chi connectivity index (χ1v) is 5.01. The monoisotopic (exact) mass is 241 g/mol. The predicted octanol–water partition coefficient (Wildman–Crippen LogP) is -0.102. The van der Waals surface area contributed by atoms with Crippen molar-refractivity contribution >= 4 is 7.12 Å². The van der Waals surface area contributed by atoms with Gasteiger partial charge in [-0.2, -0.15) is 8.78 Å². The zero-order valence-electron chi connectivity index (χ0n) is 8.94. The quantitative estimate of drug-likeness (QED) is 0.533. The molecule has 0 amide bonds. The van der Waals surface area contributed by atoms with Gasteiger partial charge in [-0.15, -0.1) is 0 Å². The first kappa shape index (κ1) is 13.8. The molecule has 0 bridgehead atoms. The molecule has 16 heavy (non-hydrogen) atoms. The third-order valence-electron chi connectivity index (χ3n) is 2.70. The molecule has 1 rings (SSSR count). The molecule has 1 heterocycles. The Bertz CT molecular complexity index is 233. The van der Waals surface area contributed by atoms with Gasteiger partial charge in [0.2, 0.25) is 0 Å². The molecule has 1 aliphatic heterocycles. The number of ether oxygens (including phenoxy) is 1. The number of nitrogens with zero attached hydrogens (tertiary/aromatic N) is 1. The number of halogens is 3. The summed E-state index contributed by atoms with van der Waals surface area (Å²) >= 11 is 0. The van der Waals surface area contributed by atoms with Gasteiger partial charge in [0.15, 0.2) is 6.17 Å². The number of likely N-dealkylation sites (tertiary alicyclic amines) is 1. The maximum Gasteiger partial charge on any atom is 0.466 e. The van der Waals surface area contributed by atoms with E-state index in [-0.39, 0.29) is 19.6 Å². The van der Waals surface area contributed by atoms with Crippen molar-refractivity contribution in [2.45, 2.75) is 18.6 Å². The lowest BCUT2D eigenvalue weighted by Crippen LogP contribution is -2.59. The Balaban J connectivity index is 2.67. The lowest BCUT2D eigenvalue weighted by molar-refractivity contribution is -0.225. The molecule has 0 aromatic rings. The summed E-state index contributed by atoms with van der Waals surface area (Å²) in [5.41, 5.74) is 0. The van der Waals surface area contributed by atoms with Gasteiger partial charge in [-0.1, -0.05) is 0 Å². The van der Waals surface area contributed by atoms with Crippen molar-refractivity contribution < 1.29 is 28.0 Å². The highest BCUT2D eigenvalue weighted by molar-refractivity contribution is 6.41. The molecule has 2 N–H and O–H groups in total. The van der Waals surface area contributed by atoms with Crippen molar-refractivity contribution in [3.05, 3.63) is 0 Å². The fourth-order valence-corrected chi connectivity index (χ4v) is 1.87. The molecular formula is C8H15BF3NO3. The van der Waals surface area contributed by atoms with E-state index in [9.17, 15) is 13.2 Å². The smallest absolute Gasteiger partial charge is 0.426 e. The second kappa shape index (κ2) is 5.35. The standard InChI is InChI=1S/C8H15BF3NO3/c1-16-4-6-2-3-13(5-9(14)15)8(11,12)7(6)10/h6-7,14-15H,2-5H2,1H3. The van der Waals surface area contributed by atoms with Gasteiger partial charge < -0.3 is 14.8 Å². The van der Waals surface area contributed by atoms with Crippen LogP contribution < -0.4 is 0 Å². The molecule has 2 atom stereocenters. The molecule has 1 fully saturated rings. The molecular weight excluding hydrogens is 226 g/mol. The molecule has 2 unspecified atom stereocenters. The van der Waals surface area contributed by atoms with E-state index in [0.717, 1.165) is 0 Å². The minimum absolute atomic E-state index is 0.0632. The van der Waals surface area contributed by atoms with Gasteiger partial charge in [-0.25, -0.2) is 9.29 Å². The van der Waals surface area contributed by atoms with Crippen molar-refractivity contribution in [1.82, 2.24) is 4.90 Å². The van der Waals surface area contributed by atoms with Crippen LogP contribution in [0.25, 0.3) is 0 Å². The number of hydrogen-bond acceptors (Lipinski definition) is 4. The first-order chi connectivity index (χ1) is 7.39. The van der Waals surface area contributed by atoms with Gasteiger partial charge in [0, 0.05) is 26.0 Å². The molecule has 0 aliphatic carbocycles. The van der Waals surface area contributed by atoms with Crippen molar-refractivity contribution in [1.29, 1.82) is 0 Å². The molecule has 1 saturated heterocycles. The van der Waals surface area contributed by atoms with Crippen LogP contribution in [0.2, 0.25) is 0 Å². The summed E-state index contributed by atoms with van der Waals surface area (Å²) in [6.45, 7) is -0.147. The molecule has 0 spiro atoms. The minimum Gasteiger partial charge on any atom is -0.426 e. The maximum absolute atomic E-state index is 13.5. The fourth-order valence-electron chi connectivity index (χ4n) is 1.87. The normalized spacial score (nSPS) is 30.4. The van der Waals surface area contributed by atoms with Crippen LogP contribution in [0.4, 0.5) is 13.2 Å². The SMILES string of the molecule is COCC1CCN(CB(O)O)C(F)(F)C1F. The number of hydrogen-bond donors (Lipinski definition) is 2. The lowest BCUT2D eigenvalue weighted by Gasteiger charge is -2.41. The van der Waals surface area contributed by atoms with E-state index in [0.29, 0.717) is 4.90 Å². The Labute approximate surface area is 92.1 Å². The van der Waals surface area contributed by atoms with Crippen molar-refractivity contribution in [3.63, 3.8) is 0 Å². The van der Waals surface area contributed by atoms with E-state index in [4.69, 9.17) is 10.0 Å². The third kappa shape index (κ3) is 2.88. The van der Waals surface area contributed by atoms with Crippen molar-refractivity contribution in [2.24, 2.45) is 5.92 Å². The van der Waals surface area contributed by atoms with Crippen LogP contribution in [0.5, 0.6) is 0 Å². The molecule has 0 radical (unpaired) electrons. The van der Waals surface area contributed by atoms with E-state index in [1.165, 1.54) is 7.11 Å². The first-order valence-electron chi connectivity index (χ1n) is 5.01. The minimum atomic E-state index is -3.68. The highest BCUT2D eigenvalue weighted by atomic mass is 19.3. The molecule has 8 heteroatoms. The van der Waals surface area contributed by atoms with Crippen molar-refractivity contribution in [2.75, 3.05) is 26.7 Å². The van der Waals surface area contributed by atoms with Gasteiger partial charge in [0.05, 0.1) is 6.61 Å². The zero-order chi connectivity index (χ0) is 12.3. The molecule has 0 aromatic carbocycles. The molecule has 0 saturated carbocycles. The Morgan fingerprint density at radius 1 is 1.50 bits per heavy atom.